The van der Waals surface area contributed by atoms with Gasteiger partial charge in [-0.25, -0.2) is 4.99 Å². The average molecular weight is 419 g/mol. The maximum absolute atomic E-state index is 5.85. The first-order valence-electron chi connectivity index (χ1n) is 7.40. The Bertz CT molecular complexity index is 519. The van der Waals surface area contributed by atoms with Crippen LogP contribution >= 0.6 is 24.0 Å². The highest BCUT2D eigenvalue weighted by Gasteiger charge is 2.15. The first kappa shape index (κ1) is 17.0. The van der Waals surface area contributed by atoms with Gasteiger partial charge in [-0.3, -0.25) is 0 Å². The van der Waals surface area contributed by atoms with E-state index in [-0.39, 0.29) is 30.8 Å². The SMILES string of the molecule is I.NC(=NCCOc1ccc2c(c1)OCO2)NC1CCCC1. The lowest BCUT2D eigenvalue weighted by Gasteiger charge is -2.12. The summed E-state index contributed by atoms with van der Waals surface area (Å²) in [7, 11) is 0. The van der Waals surface area contributed by atoms with Gasteiger partial charge in [0.15, 0.2) is 17.5 Å². The second-order valence-electron chi connectivity index (χ2n) is 5.26. The Balaban J connectivity index is 0.00000176. The standard InChI is InChI=1S/C15H21N3O3.HI/c16-15(18-11-3-1-2-4-11)17-7-8-19-12-5-6-13-14(9-12)21-10-20-13;/h5-6,9,11H,1-4,7-8,10H2,(H3,16,17,18);1H. The van der Waals surface area contributed by atoms with Crippen molar-refractivity contribution < 1.29 is 14.2 Å². The van der Waals surface area contributed by atoms with Crippen LogP contribution in [0.1, 0.15) is 25.7 Å². The van der Waals surface area contributed by atoms with Gasteiger partial charge in [0.2, 0.25) is 6.79 Å². The minimum atomic E-state index is 0. The fourth-order valence-electron chi connectivity index (χ4n) is 2.62. The fraction of sp³-hybridized carbons (Fsp3) is 0.533. The van der Waals surface area contributed by atoms with Crippen molar-refractivity contribution in [3.05, 3.63) is 18.2 Å². The minimum Gasteiger partial charge on any atom is -0.492 e. The van der Waals surface area contributed by atoms with E-state index in [4.69, 9.17) is 19.9 Å². The molecule has 0 bridgehead atoms. The molecule has 1 aliphatic heterocycles. The van der Waals surface area contributed by atoms with E-state index in [0.29, 0.717) is 25.2 Å². The smallest absolute Gasteiger partial charge is 0.231 e. The van der Waals surface area contributed by atoms with Crippen LogP contribution in [0.2, 0.25) is 0 Å². The molecule has 0 atom stereocenters. The summed E-state index contributed by atoms with van der Waals surface area (Å²) >= 11 is 0. The van der Waals surface area contributed by atoms with Crippen molar-refractivity contribution in [1.82, 2.24) is 5.32 Å². The van der Waals surface area contributed by atoms with Crippen LogP contribution in [0.3, 0.4) is 0 Å². The van der Waals surface area contributed by atoms with Crippen molar-refractivity contribution in [2.45, 2.75) is 31.7 Å². The molecule has 1 saturated carbocycles. The van der Waals surface area contributed by atoms with Gasteiger partial charge < -0.3 is 25.3 Å². The van der Waals surface area contributed by atoms with E-state index < -0.39 is 0 Å². The van der Waals surface area contributed by atoms with Gasteiger partial charge in [-0.05, 0) is 25.0 Å². The molecule has 1 fully saturated rings. The highest BCUT2D eigenvalue weighted by Crippen LogP contribution is 2.34. The van der Waals surface area contributed by atoms with E-state index in [2.05, 4.69) is 10.3 Å². The molecule has 1 aromatic rings. The lowest BCUT2D eigenvalue weighted by molar-refractivity contribution is 0.174. The van der Waals surface area contributed by atoms with Gasteiger partial charge >= 0.3 is 0 Å². The summed E-state index contributed by atoms with van der Waals surface area (Å²) in [5.41, 5.74) is 5.85. The summed E-state index contributed by atoms with van der Waals surface area (Å²) in [6, 6.07) is 6.02. The third-order valence-electron chi connectivity index (χ3n) is 3.69. The molecule has 1 aliphatic carbocycles. The topological polar surface area (TPSA) is 78.1 Å². The Kier molecular flexibility index (Phi) is 6.41. The molecule has 0 aromatic heterocycles. The van der Waals surface area contributed by atoms with Crippen LogP contribution in [0, 0.1) is 0 Å². The second kappa shape index (κ2) is 8.30. The Morgan fingerprint density at radius 3 is 2.86 bits per heavy atom. The molecule has 122 valence electrons. The van der Waals surface area contributed by atoms with Crippen molar-refractivity contribution in [2.24, 2.45) is 10.7 Å². The average Bonchev–Trinajstić information content (AvgIpc) is 3.14. The predicted octanol–water partition coefficient (Wildman–Crippen LogP) is 2.26. The third-order valence-corrected chi connectivity index (χ3v) is 3.69. The number of benzene rings is 1. The molecule has 22 heavy (non-hydrogen) atoms. The molecule has 1 aromatic carbocycles. The maximum Gasteiger partial charge on any atom is 0.231 e. The molecule has 0 spiro atoms. The molecule has 3 rings (SSSR count). The molecule has 0 unspecified atom stereocenters. The van der Waals surface area contributed by atoms with E-state index in [1.54, 1.807) is 0 Å². The van der Waals surface area contributed by atoms with Gasteiger partial charge in [-0.1, -0.05) is 12.8 Å². The number of nitrogens with one attached hydrogen (secondary N) is 1. The van der Waals surface area contributed by atoms with Gasteiger partial charge in [-0.15, -0.1) is 24.0 Å². The van der Waals surface area contributed by atoms with Crippen LogP contribution < -0.4 is 25.3 Å². The number of hydrogen-bond acceptors (Lipinski definition) is 4. The van der Waals surface area contributed by atoms with Crippen molar-refractivity contribution in [1.29, 1.82) is 0 Å². The Hall–Kier alpha value is -1.38. The highest BCUT2D eigenvalue weighted by atomic mass is 127. The van der Waals surface area contributed by atoms with Crippen molar-refractivity contribution in [2.75, 3.05) is 19.9 Å². The van der Waals surface area contributed by atoms with Gasteiger partial charge in [0, 0.05) is 12.1 Å². The first-order valence-corrected chi connectivity index (χ1v) is 7.40. The van der Waals surface area contributed by atoms with E-state index in [1.807, 2.05) is 18.2 Å². The van der Waals surface area contributed by atoms with E-state index >= 15 is 0 Å². The largest absolute Gasteiger partial charge is 0.492 e. The van der Waals surface area contributed by atoms with Crippen LogP contribution in [0.15, 0.2) is 23.2 Å². The van der Waals surface area contributed by atoms with Crippen LogP contribution in [-0.4, -0.2) is 31.9 Å². The van der Waals surface area contributed by atoms with Crippen LogP contribution in [0.4, 0.5) is 0 Å². The summed E-state index contributed by atoms with van der Waals surface area (Å²) in [6.45, 7) is 1.28. The minimum absolute atomic E-state index is 0. The number of aliphatic imine (C=N–C) groups is 1. The molecule has 0 amide bonds. The van der Waals surface area contributed by atoms with E-state index in [1.165, 1.54) is 25.7 Å². The first-order chi connectivity index (χ1) is 10.3. The van der Waals surface area contributed by atoms with Gasteiger partial charge in [-0.2, -0.15) is 0 Å². The third kappa shape index (κ3) is 4.56. The molecular formula is C15H22IN3O3. The second-order valence-corrected chi connectivity index (χ2v) is 5.26. The zero-order valence-electron chi connectivity index (χ0n) is 12.4. The summed E-state index contributed by atoms with van der Waals surface area (Å²) in [5, 5.41) is 3.25. The number of ether oxygens (including phenoxy) is 3. The van der Waals surface area contributed by atoms with Crippen molar-refractivity contribution >= 4 is 29.9 Å². The summed E-state index contributed by atoms with van der Waals surface area (Å²) < 4.78 is 16.2. The monoisotopic (exact) mass is 419 g/mol. The van der Waals surface area contributed by atoms with Crippen LogP contribution in [0.25, 0.3) is 0 Å². The Morgan fingerprint density at radius 2 is 2.05 bits per heavy atom. The molecule has 2 aliphatic rings. The number of hydrogen-bond donors (Lipinski definition) is 2. The lowest BCUT2D eigenvalue weighted by Crippen LogP contribution is -2.38. The van der Waals surface area contributed by atoms with Gasteiger partial charge in [0.05, 0.1) is 6.54 Å². The number of nitrogens with zero attached hydrogens (tertiary/aromatic N) is 1. The zero-order valence-corrected chi connectivity index (χ0v) is 14.7. The lowest BCUT2D eigenvalue weighted by atomic mass is 10.2. The normalized spacial score (nSPS) is 17.2. The number of fused-ring (bicyclic) bond motifs is 1. The fourth-order valence-corrected chi connectivity index (χ4v) is 2.62. The molecule has 7 heteroatoms. The van der Waals surface area contributed by atoms with Gasteiger partial charge in [0.1, 0.15) is 12.4 Å². The van der Waals surface area contributed by atoms with E-state index in [0.717, 1.165) is 17.2 Å². The van der Waals surface area contributed by atoms with E-state index in [9.17, 15) is 0 Å². The predicted molar refractivity (Wildman–Crippen MR) is 95.4 cm³/mol. The number of guanidine groups is 1. The van der Waals surface area contributed by atoms with Crippen molar-refractivity contribution in [3.63, 3.8) is 0 Å². The number of rotatable bonds is 5. The number of nitrogens with two attached hydrogens (primary N) is 1. The van der Waals surface area contributed by atoms with Gasteiger partial charge in [0.25, 0.3) is 0 Å². The highest BCUT2D eigenvalue weighted by molar-refractivity contribution is 14.0. The molecule has 1 heterocycles. The Morgan fingerprint density at radius 1 is 1.27 bits per heavy atom. The summed E-state index contributed by atoms with van der Waals surface area (Å²) in [4.78, 5) is 4.28. The van der Waals surface area contributed by atoms with Crippen LogP contribution in [-0.2, 0) is 0 Å². The molecule has 3 N–H and O–H groups in total. The van der Waals surface area contributed by atoms with Crippen molar-refractivity contribution in [3.8, 4) is 17.2 Å². The zero-order chi connectivity index (χ0) is 14.5. The van der Waals surface area contributed by atoms with Crippen LogP contribution in [0.5, 0.6) is 17.2 Å². The molecule has 6 nitrogen and oxygen atoms in total. The Labute approximate surface area is 147 Å². The summed E-state index contributed by atoms with van der Waals surface area (Å²) in [5.74, 6) is 2.73. The quantitative estimate of drug-likeness (QED) is 0.332. The number of halogens is 1. The summed E-state index contributed by atoms with van der Waals surface area (Å²) in [6.07, 6.45) is 4.92. The molecule has 0 saturated heterocycles. The molecular weight excluding hydrogens is 397 g/mol. The maximum atomic E-state index is 5.85. The molecule has 0 radical (unpaired) electrons.